The molecule has 0 aliphatic rings. The summed E-state index contributed by atoms with van der Waals surface area (Å²) in [5.74, 6) is 0.0207. The maximum absolute atomic E-state index is 11.7. The minimum Gasteiger partial charge on any atom is -0.350 e. The van der Waals surface area contributed by atoms with Crippen LogP contribution in [0.3, 0.4) is 0 Å². The number of hydrogen-bond donors (Lipinski definition) is 1. The van der Waals surface area contributed by atoms with E-state index in [2.05, 4.69) is 34.8 Å². The van der Waals surface area contributed by atoms with Gasteiger partial charge in [-0.2, -0.15) is 0 Å². The molecule has 1 aromatic rings. The molecule has 0 saturated carbocycles. The standard InChI is InChI=1S/C12H16INO/c1-3-4-9(2)14-12(15)10-5-7-11(13)8-6-10/h5-9H,3-4H2,1-2H3,(H,14,15). The lowest BCUT2D eigenvalue weighted by atomic mass is 10.1. The molecule has 0 aliphatic carbocycles. The third kappa shape index (κ3) is 4.20. The van der Waals surface area contributed by atoms with Gasteiger partial charge in [-0.3, -0.25) is 4.79 Å². The molecule has 1 amide bonds. The van der Waals surface area contributed by atoms with Crippen molar-refractivity contribution in [2.75, 3.05) is 0 Å². The number of benzene rings is 1. The Hall–Kier alpha value is -0.580. The lowest BCUT2D eigenvalue weighted by molar-refractivity contribution is 0.0938. The van der Waals surface area contributed by atoms with Crippen molar-refractivity contribution in [2.24, 2.45) is 0 Å². The molecule has 2 nitrogen and oxygen atoms in total. The van der Waals surface area contributed by atoms with E-state index >= 15 is 0 Å². The Labute approximate surface area is 105 Å². The highest BCUT2D eigenvalue weighted by Crippen LogP contribution is 2.07. The number of carbonyl (C=O) groups is 1. The smallest absolute Gasteiger partial charge is 0.251 e. The van der Waals surface area contributed by atoms with Crippen molar-refractivity contribution in [1.82, 2.24) is 5.32 Å². The second-order valence-corrected chi connectivity index (χ2v) is 4.92. The van der Waals surface area contributed by atoms with Gasteiger partial charge < -0.3 is 5.32 Å². The first-order chi connectivity index (χ1) is 7.13. The van der Waals surface area contributed by atoms with E-state index in [1.807, 2.05) is 31.2 Å². The van der Waals surface area contributed by atoms with Crippen molar-refractivity contribution in [3.8, 4) is 0 Å². The molecule has 1 atom stereocenters. The Kier molecular flexibility index (Phi) is 5.08. The van der Waals surface area contributed by atoms with Gasteiger partial charge >= 0.3 is 0 Å². The second-order valence-electron chi connectivity index (χ2n) is 3.67. The third-order valence-electron chi connectivity index (χ3n) is 2.21. The Morgan fingerprint density at radius 3 is 2.53 bits per heavy atom. The highest BCUT2D eigenvalue weighted by atomic mass is 127. The monoisotopic (exact) mass is 317 g/mol. The first kappa shape index (κ1) is 12.5. The van der Waals surface area contributed by atoms with Crippen LogP contribution in [0, 0.1) is 3.57 Å². The fraction of sp³-hybridized carbons (Fsp3) is 0.417. The predicted octanol–water partition coefficient (Wildman–Crippen LogP) is 3.21. The molecule has 0 bridgehead atoms. The maximum Gasteiger partial charge on any atom is 0.251 e. The molecule has 0 saturated heterocycles. The van der Waals surface area contributed by atoms with Crippen LogP contribution in [0.25, 0.3) is 0 Å². The summed E-state index contributed by atoms with van der Waals surface area (Å²) < 4.78 is 1.14. The molecule has 1 rings (SSSR count). The van der Waals surface area contributed by atoms with E-state index in [0.29, 0.717) is 0 Å². The van der Waals surface area contributed by atoms with E-state index in [1.54, 1.807) is 0 Å². The van der Waals surface area contributed by atoms with Crippen LogP contribution < -0.4 is 5.32 Å². The zero-order chi connectivity index (χ0) is 11.3. The van der Waals surface area contributed by atoms with Crippen LogP contribution in [0.1, 0.15) is 37.0 Å². The van der Waals surface area contributed by atoms with Gasteiger partial charge in [-0.1, -0.05) is 13.3 Å². The average molecular weight is 317 g/mol. The molecule has 1 N–H and O–H groups in total. The normalized spacial score (nSPS) is 12.2. The molecule has 0 spiro atoms. The predicted molar refractivity (Wildman–Crippen MR) is 71.0 cm³/mol. The van der Waals surface area contributed by atoms with Gasteiger partial charge in [-0.15, -0.1) is 0 Å². The van der Waals surface area contributed by atoms with Crippen molar-refractivity contribution < 1.29 is 4.79 Å². The van der Waals surface area contributed by atoms with Crippen LogP contribution in [-0.2, 0) is 0 Å². The van der Waals surface area contributed by atoms with E-state index < -0.39 is 0 Å². The van der Waals surface area contributed by atoms with Crippen LogP contribution in [0.15, 0.2) is 24.3 Å². The Balaban J connectivity index is 2.57. The average Bonchev–Trinajstić information content (AvgIpc) is 2.18. The van der Waals surface area contributed by atoms with Crippen molar-refractivity contribution in [3.05, 3.63) is 33.4 Å². The van der Waals surface area contributed by atoms with E-state index in [1.165, 1.54) is 0 Å². The highest BCUT2D eigenvalue weighted by molar-refractivity contribution is 14.1. The lowest BCUT2D eigenvalue weighted by Gasteiger charge is -2.12. The van der Waals surface area contributed by atoms with E-state index in [9.17, 15) is 4.79 Å². The first-order valence-electron chi connectivity index (χ1n) is 5.20. The molecule has 3 heteroatoms. The molecular formula is C12H16INO. The summed E-state index contributed by atoms with van der Waals surface area (Å²) in [7, 11) is 0. The fourth-order valence-electron chi connectivity index (χ4n) is 1.41. The number of hydrogen-bond acceptors (Lipinski definition) is 1. The summed E-state index contributed by atoms with van der Waals surface area (Å²) in [6.07, 6.45) is 2.12. The second kappa shape index (κ2) is 6.10. The number of rotatable bonds is 4. The molecule has 82 valence electrons. The molecule has 0 aromatic heterocycles. The molecule has 0 heterocycles. The molecule has 1 unspecified atom stereocenters. The van der Waals surface area contributed by atoms with Gasteiger partial charge in [0.2, 0.25) is 0 Å². The van der Waals surface area contributed by atoms with E-state index in [-0.39, 0.29) is 11.9 Å². The Morgan fingerprint density at radius 1 is 1.40 bits per heavy atom. The molecule has 0 aliphatic heterocycles. The molecule has 0 radical (unpaired) electrons. The van der Waals surface area contributed by atoms with Crippen LogP contribution in [-0.4, -0.2) is 11.9 Å². The molecule has 0 fully saturated rings. The van der Waals surface area contributed by atoms with E-state index in [4.69, 9.17) is 0 Å². The van der Waals surface area contributed by atoms with Gasteiger partial charge in [0, 0.05) is 15.2 Å². The van der Waals surface area contributed by atoms with Gasteiger partial charge in [0.15, 0.2) is 0 Å². The molecule has 1 aromatic carbocycles. The van der Waals surface area contributed by atoms with Gasteiger partial charge in [-0.25, -0.2) is 0 Å². The zero-order valence-corrected chi connectivity index (χ0v) is 11.2. The fourth-order valence-corrected chi connectivity index (χ4v) is 1.77. The third-order valence-corrected chi connectivity index (χ3v) is 2.92. The van der Waals surface area contributed by atoms with Gasteiger partial charge in [0.25, 0.3) is 5.91 Å². The van der Waals surface area contributed by atoms with Crippen LogP contribution in [0.4, 0.5) is 0 Å². The number of carbonyl (C=O) groups excluding carboxylic acids is 1. The van der Waals surface area contributed by atoms with Crippen molar-refractivity contribution >= 4 is 28.5 Å². The Morgan fingerprint density at radius 2 is 2.00 bits per heavy atom. The van der Waals surface area contributed by atoms with Crippen LogP contribution >= 0.6 is 22.6 Å². The van der Waals surface area contributed by atoms with E-state index in [0.717, 1.165) is 22.0 Å². The van der Waals surface area contributed by atoms with Crippen molar-refractivity contribution in [2.45, 2.75) is 32.7 Å². The SMILES string of the molecule is CCCC(C)NC(=O)c1ccc(I)cc1. The minimum absolute atomic E-state index is 0.0207. The number of nitrogens with one attached hydrogen (secondary N) is 1. The molecular weight excluding hydrogens is 301 g/mol. The quantitative estimate of drug-likeness (QED) is 0.849. The first-order valence-corrected chi connectivity index (χ1v) is 6.27. The number of halogens is 1. The molecule has 15 heavy (non-hydrogen) atoms. The summed E-state index contributed by atoms with van der Waals surface area (Å²) in [6.45, 7) is 4.15. The highest BCUT2D eigenvalue weighted by Gasteiger charge is 2.08. The maximum atomic E-state index is 11.7. The Bertz CT molecular complexity index is 321. The van der Waals surface area contributed by atoms with Crippen molar-refractivity contribution in [1.29, 1.82) is 0 Å². The van der Waals surface area contributed by atoms with Gasteiger partial charge in [-0.05, 0) is 60.2 Å². The summed E-state index contributed by atoms with van der Waals surface area (Å²) in [6, 6.07) is 7.85. The summed E-state index contributed by atoms with van der Waals surface area (Å²) in [5, 5.41) is 2.98. The van der Waals surface area contributed by atoms with Gasteiger partial charge in [0.1, 0.15) is 0 Å². The summed E-state index contributed by atoms with van der Waals surface area (Å²) in [4.78, 5) is 11.7. The van der Waals surface area contributed by atoms with Crippen LogP contribution in [0.5, 0.6) is 0 Å². The minimum atomic E-state index is 0.0207. The summed E-state index contributed by atoms with van der Waals surface area (Å²) >= 11 is 2.23. The van der Waals surface area contributed by atoms with Crippen molar-refractivity contribution in [3.63, 3.8) is 0 Å². The summed E-state index contributed by atoms with van der Waals surface area (Å²) in [5.41, 5.74) is 0.735. The lowest BCUT2D eigenvalue weighted by Crippen LogP contribution is -2.32. The zero-order valence-electron chi connectivity index (χ0n) is 9.09. The van der Waals surface area contributed by atoms with Gasteiger partial charge in [0.05, 0.1) is 0 Å². The van der Waals surface area contributed by atoms with Crippen LogP contribution in [0.2, 0.25) is 0 Å². The number of amides is 1. The topological polar surface area (TPSA) is 29.1 Å². The largest absolute Gasteiger partial charge is 0.350 e.